The van der Waals surface area contributed by atoms with E-state index in [9.17, 15) is 4.79 Å². The van der Waals surface area contributed by atoms with Crippen LogP contribution in [-0.4, -0.2) is 12.2 Å². The molecule has 4 nitrogen and oxygen atoms in total. The van der Waals surface area contributed by atoms with Gasteiger partial charge in [-0.05, 0) is 25.0 Å². The van der Waals surface area contributed by atoms with Crippen molar-refractivity contribution in [2.24, 2.45) is 10.8 Å². The molecule has 1 atom stereocenters. The maximum absolute atomic E-state index is 10.4. The average Bonchev–Trinajstić information content (AvgIpc) is 2.85. The molecule has 0 radical (unpaired) electrons. The van der Waals surface area contributed by atoms with Crippen LogP contribution in [0.4, 0.5) is 4.79 Å². The molecule has 1 aromatic heterocycles. The van der Waals surface area contributed by atoms with Crippen molar-refractivity contribution in [3.63, 3.8) is 0 Å². The summed E-state index contributed by atoms with van der Waals surface area (Å²) in [5.74, 6) is 0.552. The summed E-state index contributed by atoms with van der Waals surface area (Å²) < 4.78 is 0. The lowest BCUT2D eigenvalue weighted by atomic mass is 10.1. The second-order valence-electron chi connectivity index (χ2n) is 3.59. The van der Waals surface area contributed by atoms with Crippen molar-refractivity contribution in [2.75, 3.05) is 0 Å². The highest BCUT2D eigenvalue weighted by molar-refractivity contribution is 7.13. The Bertz CT molecular complexity index is 436. The van der Waals surface area contributed by atoms with Crippen LogP contribution >= 0.6 is 11.3 Å². The van der Waals surface area contributed by atoms with Gasteiger partial charge in [-0.3, -0.25) is 0 Å². The minimum atomic E-state index is -0.647. The molecule has 84 valence electrons. The van der Waals surface area contributed by atoms with Crippen molar-refractivity contribution in [3.8, 4) is 0 Å². The quantitative estimate of drug-likeness (QED) is 0.470. The van der Waals surface area contributed by atoms with E-state index in [1.54, 1.807) is 17.6 Å². The maximum Gasteiger partial charge on any atom is 0.332 e. The number of carbonyl (C=O) groups excluding carboxylic acids is 1. The molecule has 1 aromatic rings. The van der Waals surface area contributed by atoms with Crippen LogP contribution in [-0.2, 0) is 0 Å². The number of primary amides is 1. The fourth-order valence-corrected chi connectivity index (χ4v) is 2.66. The zero-order chi connectivity index (χ0) is 11.4. The number of allylic oxidation sites excluding steroid dienone is 2. The van der Waals surface area contributed by atoms with Gasteiger partial charge in [0.1, 0.15) is 0 Å². The van der Waals surface area contributed by atoms with E-state index in [1.165, 1.54) is 11.3 Å². The molecule has 3 N–H and O–H groups in total. The largest absolute Gasteiger partial charge is 0.350 e. The first-order valence-electron chi connectivity index (χ1n) is 5.10. The van der Waals surface area contributed by atoms with Crippen molar-refractivity contribution < 1.29 is 4.79 Å². The van der Waals surface area contributed by atoms with Crippen LogP contribution in [0, 0.1) is 0 Å². The van der Waals surface area contributed by atoms with E-state index < -0.39 is 6.03 Å². The fraction of sp³-hybridized carbons (Fsp3) is 0.273. The standard InChI is InChI=1S/C11H13N3OS/c12-11(15)14-13-7-9-5-6-10(16-9)8-3-1-2-4-8/h1,3,5-8H,2,4H2,(H3,12,14,15)/b13-7-/t8-/m0/s1. The van der Waals surface area contributed by atoms with Crippen LogP contribution in [0.25, 0.3) is 0 Å². The Kier molecular flexibility index (Phi) is 3.36. The molecule has 0 spiro atoms. The van der Waals surface area contributed by atoms with Gasteiger partial charge in [-0.1, -0.05) is 12.2 Å². The summed E-state index contributed by atoms with van der Waals surface area (Å²) in [5, 5.41) is 3.72. The Labute approximate surface area is 97.8 Å². The smallest absolute Gasteiger partial charge is 0.332 e. The van der Waals surface area contributed by atoms with Gasteiger partial charge in [-0.15, -0.1) is 11.3 Å². The summed E-state index contributed by atoms with van der Waals surface area (Å²) in [6, 6.07) is 3.46. The number of nitrogens with two attached hydrogens (primary N) is 1. The molecule has 1 aliphatic carbocycles. The third-order valence-corrected chi connectivity index (χ3v) is 3.54. The lowest BCUT2D eigenvalue weighted by molar-refractivity contribution is 0.249. The van der Waals surface area contributed by atoms with Gasteiger partial charge in [0.05, 0.1) is 6.21 Å². The monoisotopic (exact) mass is 235 g/mol. The maximum atomic E-state index is 10.4. The molecule has 1 heterocycles. The number of rotatable bonds is 3. The van der Waals surface area contributed by atoms with Crippen molar-refractivity contribution in [1.29, 1.82) is 0 Å². The first kappa shape index (κ1) is 10.9. The molecule has 1 aliphatic rings. The van der Waals surface area contributed by atoms with Crippen molar-refractivity contribution in [1.82, 2.24) is 5.43 Å². The molecule has 5 heteroatoms. The van der Waals surface area contributed by atoms with E-state index >= 15 is 0 Å². The summed E-state index contributed by atoms with van der Waals surface area (Å²) in [7, 11) is 0. The molecule has 0 bridgehead atoms. The van der Waals surface area contributed by atoms with Gasteiger partial charge >= 0.3 is 6.03 Å². The summed E-state index contributed by atoms with van der Waals surface area (Å²) in [6.07, 6.45) is 8.42. The highest BCUT2D eigenvalue weighted by Crippen LogP contribution is 2.32. The fourth-order valence-electron chi connectivity index (χ4n) is 1.67. The first-order chi connectivity index (χ1) is 7.75. The molecular weight excluding hydrogens is 222 g/mol. The normalized spacial score (nSPS) is 19.4. The van der Waals surface area contributed by atoms with E-state index in [1.807, 2.05) is 6.07 Å². The topological polar surface area (TPSA) is 67.5 Å². The summed E-state index contributed by atoms with van der Waals surface area (Å²) in [5.41, 5.74) is 7.07. The van der Waals surface area contributed by atoms with Crippen LogP contribution in [0.15, 0.2) is 29.4 Å². The van der Waals surface area contributed by atoms with Crippen LogP contribution in [0.5, 0.6) is 0 Å². The molecule has 0 saturated heterocycles. The SMILES string of the molecule is NC(=O)N/N=C\c1ccc([C@H]2C=CCC2)s1. The molecular formula is C11H13N3OS. The van der Waals surface area contributed by atoms with Crippen LogP contribution < -0.4 is 11.2 Å². The Morgan fingerprint density at radius 2 is 2.50 bits per heavy atom. The molecule has 2 rings (SSSR count). The highest BCUT2D eigenvalue weighted by atomic mass is 32.1. The first-order valence-corrected chi connectivity index (χ1v) is 5.92. The van der Waals surface area contributed by atoms with E-state index in [-0.39, 0.29) is 0 Å². The Balaban J connectivity index is 1.99. The molecule has 0 fully saturated rings. The second-order valence-corrected chi connectivity index (χ2v) is 4.73. The van der Waals surface area contributed by atoms with E-state index in [0.29, 0.717) is 5.92 Å². The summed E-state index contributed by atoms with van der Waals surface area (Å²) >= 11 is 1.69. The van der Waals surface area contributed by atoms with Crippen molar-refractivity contribution >= 4 is 23.6 Å². The lowest BCUT2D eigenvalue weighted by Gasteiger charge is -2.01. The summed E-state index contributed by atoms with van der Waals surface area (Å²) in [4.78, 5) is 12.8. The number of urea groups is 1. The Morgan fingerprint density at radius 3 is 3.19 bits per heavy atom. The zero-order valence-electron chi connectivity index (χ0n) is 8.72. The van der Waals surface area contributed by atoms with Crippen LogP contribution in [0.1, 0.15) is 28.5 Å². The van der Waals surface area contributed by atoms with E-state index in [2.05, 4.69) is 28.7 Å². The third-order valence-electron chi connectivity index (χ3n) is 2.39. The second kappa shape index (κ2) is 4.94. The van der Waals surface area contributed by atoms with Crippen LogP contribution in [0.3, 0.4) is 0 Å². The van der Waals surface area contributed by atoms with Gasteiger partial charge in [0.25, 0.3) is 0 Å². The summed E-state index contributed by atoms with van der Waals surface area (Å²) in [6.45, 7) is 0. The predicted octanol–water partition coefficient (Wildman–Crippen LogP) is 2.18. The number of nitrogens with one attached hydrogen (secondary N) is 1. The number of hydrogen-bond acceptors (Lipinski definition) is 3. The number of carbonyl (C=O) groups is 1. The van der Waals surface area contributed by atoms with Gasteiger partial charge in [-0.25, -0.2) is 10.2 Å². The minimum Gasteiger partial charge on any atom is -0.350 e. The molecule has 0 aromatic carbocycles. The van der Waals surface area contributed by atoms with Gasteiger partial charge in [0.2, 0.25) is 0 Å². The van der Waals surface area contributed by atoms with Gasteiger partial charge < -0.3 is 5.73 Å². The lowest BCUT2D eigenvalue weighted by Crippen LogP contribution is -2.24. The number of hydrogen-bond donors (Lipinski definition) is 2. The van der Waals surface area contributed by atoms with Gasteiger partial charge in [-0.2, -0.15) is 5.10 Å². The van der Waals surface area contributed by atoms with Crippen molar-refractivity contribution in [3.05, 3.63) is 34.0 Å². The number of amides is 2. The Morgan fingerprint density at radius 1 is 1.62 bits per heavy atom. The highest BCUT2D eigenvalue weighted by Gasteiger charge is 2.13. The molecule has 0 aliphatic heterocycles. The molecule has 2 amide bonds. The van der Waals surface area contributed by atoms with Crippen molar-refractivity contribution in [2.45, 2.75) is 18.8 Å². The van der Waals surface area contributed by atoms with E-state index in [0.717, 1.165) is 11.3 Å². The number of thiophene rings is 1. The average molecular weight is 235 g/mol. The number of nitrogens with zero attached hydrogens (tertiary/aromatic N) is 1. The predicted molar refractivity (Wildman–Crippen MR) is 65.7 cm³/mol. The molecule has 0 unspecified atom stereocenters. The zero-order valence-corrected chi connectivity index (χ0v) is 9.54. The van der Waals surface area contributed by atoms with Gasteiger partial charge in [0.15, 0.2) is 0 Å². The molecule has 0 saturated carbocycles. The van der Waals surface area contributed by atoms with E-state index in [4.69, 9.17) is 5.73 Å². The van der Waals surface area contributed by atoms with Gasteiger partial charge in [0, 0.05) is 15.7 Å². The third kappa shape index (κ3) is 2.70. The van der Waals surface area contributed by atoms with Crippen LogP contribution in [0.2, 0.25) is 0 Å². The molecule has 16 heavy (non-hydrogen) atoms. The minimum absolute atomic E-state index is 0.552. The number of hydrazone groups is 1. The Hall–Kier alpha value is -1.62.